The monoisotopic (exact) mass is 315 g/mol. The van der Waals surface area contributed by atoms with Gasteiger partial charge in [-0.15, -0.1) is 0 Å². The van der Waals surface area contributed by atoms with Crippen molar-refractivity contribution in [3.05, 3.63) is 22.2 Å². The Balaban J connectivity index is 3.25. The molecule has 4 heteroatoms. The molecule has 1 atom stereocenters. The average Bonchev–Trinajstić information content (AvgIpc) is 2.37. The number of methoxy groups -OCH3 is 2. The van der Waals surface area contributed by atoms with Crippen LogP contribution in [-0.2, 0) is 0 Å². The van der Waals surface area contributed by atoms with Crippen LogP contribution >= 0.6 is 15.9 Å². The van der Waals surface area contributed by atoms with E-state index in [9.17, 15) is 0 Å². The molecule has 102 valence electrons. The fourth-order valence-corrected chi connectivity index (χ4v) is 2.32. The van der Waals surface area contributed by atoms with Crippen molar-refractivity contribution in [1.29, 1.82) is 0 Å². The van der Waals surface area contributed by atoms with Crippen LogP contribution in [-0.4, -0.2) is 14.2 Å². The number of hydrogen-bond acceptors (Lipinski definition) is 3. The molecule has 0 heterocycles. The standard InChI is InChI=1S/C14H22BrNO2/c1-6-14(2,3)13(16)9-7-11(17-4)12(18-5)8-10(9)15/h7-8,13H,6,16H2,1-5H3. The van der Waals surface area contributed by atoms with Gasteiger partial charge in [0.25, 0.3) is 0 Å². The highest BCUT2D eigenvalue weighted by Gasteiger charge is 2.28. The lowest BCUT2D eigenvalue weighted by Crippen LogP contribution is -2.28. The molecule has 0 aliphatic heterocycles. The Kier molecular flexibility index (Phi) is 5.05. The molecule has 18 heavy (non-hydrogen) atoms. The van der Waals surface area contributed by atoms with Gasteiger partial charge in [0.15, 0.2) is 11.5 Å². The van der Waals surface area contributed by atoms with Gasteiger partial charge in [0.2, 0.25) is 0 Å². The topological polar surface area (TPSA) is 44.5 Å². The van der Waals surface area contributed by atoms with Crippen LogP contribution in [0.5, 0.6) is 11.5 Å². The van der Waals surface area contributed by atoms with E-state index in [1.807, 2.05) is 12.1 Å². The smallest absolute Gasteiger partial charge is 0.161 e. The molecule has 0 radical (unpaired) electrons. The first kappa shape index (κ1) is 15.3. The number of ether oxygens (including phenoxy) is 2. The molecule has 1 rings (SSSR count). The van der Waals surface area contributed by atoms with E-state index < -0.39 is 0 Å². The van der Waals surface area contributed by atoms with E-state index in [2.05, 4.69) is 36.7 Å². The molecule has 1 unspecified atom stereocenters. The second-order valence-corrected chi connectivity index (χ2v) is 5.90. The summed E-state index contributed by atoms with van der Waals surface area (Å²) >= 11 is 3.56. The first-order valence-electron chi connectivity index (χ1n) is 6.04. The Bertz CT molecular complexity index is 419. The van der Waals surface area contributed by atoms with E-state index >= 15 is 0 Å². The van der Waals surface area contributed by atoms with Gasteiger partial charge in [-0.3, -0.25) is 0 Å². The molecular formula is C14H22BrNO2. The predicted molar refractivity (Wildman–Crippen MR) is 78.2 cm³/mol. The molecule has 2 N–H and O–H groups in total. The third-order valence-electron chi connectivity index (χ3n) is 3.59. The maximum Gasteiger partial charge on any atom is 0.161 e. The van der Waals surface area contributed by atoms with Crippen molar-refractivity contribution in [3.8, 4) is 11.5 Å². The highest BCUT2D eigenvalue weighted by molar-refractivity contribution is 9.10. The van der Waals surface area contributed by atoms with Crippen molar-refractivity contribution >= 4 is 15.9 Å². The van der Waals surface area contributed by atoms with Crippen LogP contribution in [0.1, 0.15) is 38.8 Å². The first-order valence-corrected chi connectivity index (χ1v) is 6.83. The van der Waals surface area contributed by atoms with Crippen LogP contribution < -0.4 is 15.2 Å². The zero-order valence-corrected chi connectivity index (χ0v) is 13.3. The molecule has 0 saturated heterocycles. The summed E-state index contributed by atoms with van der Waals surface area (Å²) in [5.41, 5.74) is 7.44. The quantitative estimate of drug-likeness (QED) is 0.896. The summed E-state index contributed by atoms with van der Waals surface area (Å²) in [5, 5.41) is 0. The van der Waals surface area contributed by atoms with Crippen molar-refractivity contribution in [2.75, 3.05) is 14.2 Å². The summed E-state index contributed by atoms with van der Waals surface area (Å²) < 4.78 is 11.5. The van der Waals surface area contributed by atoms with Crippen LogP contribution in [0, 0.1) is 5.41 Å². The van der Waals surface area contributed by atoms with Gasteiger partial charge in [0, 0.05) is 10.5 Å². The summed E-state index contributed by atoms with van der Waals surface area (Å²) in [6.45, 7) is 6.48. The first-order chi connectivity index (χ1) is 8.37. The lowest BCUT2D eigenvalue weighted by Gasteiger charge is -2.31. The van der Waals surface area contributed by atoms with E-state index in [4.69, 9.17) is 15.2 Å². The summed E-state index contributed by atoms with van der Waals surface area (Å²) in [5.74, 6) is 1.41. The summed E-state index contributed by atoms with van der Waals surface area (Å²) in [6, 6.07) is 3.79. The fraction of sp³-hybridized carbons (Fsp3) is 0.571. The minimum absolute atomic E-state index is 0.0299. The molecule has 1 aromatic rings. The number of rotatable bonds is 5. The maximum absolute atomic E-state index is 6.37. The Morgan fingerprint density at radius 2 is 1.72 bits per heavy atom. The molecule has 0 amide bonds. The SMILES string of the molecule is CCC(C)(C)C(N)c1cc(OC)c(OC)cc1Br. The highest BCUT2D eigenvalue weighted by Crippen LogP contribution is 2.41. The van der Waals surface area contributed by atoms with Crippen molar-refractivity contribution in [2.24, 2.45) is 11.1 Å². The number of halogens is 1. The molecule has 3 nitrogen and oxygen atoms in total. The Labute approximate surface area is 118 Å². The van der Waals surface area contributed by atoms with Crippen LogP contribution in [0.3, 0.4) is 0 Å². The maximum atomic E-state index is 6.37. The largest absolute Gasteiger partial charge is 0.493 e. The molecule has 0 aliphatic rings. The van der Waals surface area contributed by atoms with Gasteiger partial charge < -0.3 is 15.2 Å². The van der Waals surface area contributed by atoms with Crippen molar-refractivity contribution in [2.45, 2.75) is 33.2 Å². The lowest BCUT2D eigenvalue weighted by atomic mass is 9.79. The lowest BCUT2D eigenvalue weighted by molar-refractivity contribution is 0.276. The summed E-state index contributed by atoms with van der Waals surface area (Å²) in [4.78, 5) is 0. The highest BCUT2D eigenvalue weighted by atomic mass is 79.9. The minimum atomic E-state index is -0.0586. The average molecular weight is 316 g/mol. The van der Waals surface area contributed by atoms with E-state index in [1.165, 1.54) is 0 Å². The van der Waals surface area contributed by atoms with Crippen LogP contribution in [0.2, 0.25) is 0 Å². The fourth-order valence-electron chi connectivity index (χ4n) is 1.75. The molecular weight excluding hydrogens is 294 g/mol. The van der Waals surface area contributed by atoms with Crippen LogP contribution in [0.25, 0.3) is 0 Å². The van der Waals surface area contributed by atoms with Gasteiger partial charge >= 0.3 is 0 Å². The number of benzene rings is 1. The Hall–Kier alpha value is -0.740. The molecule has 1 aromatic carbocycles. The normalized spacial score (nSPS) is 13.3. The molecule has 0 aromatic heterocycles. The summed E-state index contributed by atoms with van der Waals surface area (Å²) in [7, 11) is 3.26. The Morgan fingerprint density at radius 3 is 2.17 bits per heavy atom. The van der Waals surface area contributed by atoms with Gasteiger partial charge in [-0.05, 0) is 29.5 Å². The second kappa shape index (κ2) is 5.93. The van der Waals surface area contributed by atoms with E-state index in [-0.39, 0.29) is 11.5 Å². The number of hydrogen-bond donors (Lipinski definition) is 1. The van der Waals surface area contributed by atoms with Crippen LogP contribution in [0.15, 0.2) is 16.6 Å². The van der Waals surface area contributed by atoms with Crippen molar-refractivity contribution in [3.63, 3.8) is 0 Å². The van der Waals surface area contributed by atoms with E-state index in [1.54, 1.807) is 14.2 Å². The zero-order valence-electron chi connectivity index (χ0n) is 11.7. The van der Waals surface area contributed by atoms with E-state index in [0.717, 1.165) is 16.5 Å². The molecule has 0 bridgehead atoms. The molecule has 0 saturated carbocycles. The third kappa shape index (κ3) is 2.98. The van der Waals surface area contributed by atoms with Gasteiger partial charge in [-0.1, -0.05) is 36.7 Å². The van der Waals surface area contributed by atoms with Gasteiger partial charge in [0.1, 0.15) is 0 Å². The van der Waals surface area contributed by atoms with Gasteiger partial charge in [0.05, 0.1) is 14.2 Å². The van der Waals surface area contributed by atoms with Crippen LogP contribution in [0.4, 0.5) is 0 Å². The van der Waals surface area contributed by atoms with Crippen molar-refractivity contribution in [1.82, 2.24) is 0 Å². The predicted octanol–water partition coefficient (Wildman–Crippen LogP) is 3.90. The minimum Gasteiger partial charge on any atom is -0.493 e. The third-order valence-corrected chi connectivity index (χ3v) is 4.28. The molecule has 0 spiro atoms. The van der Waals surface area contributed by atoms with E-state index in [0.29, 0.717) is 11.5 Å². The van der Waals surface area contributed by atoms with Gasteiger partial charge in [-0.2, -0.15) is 0 Å². The Morgan fingerprint density at radius 1 is 1.22 bits per heavy atom. The number of nitrogens with two attached hydrogens (primary N) is 1. The molecule has 0 fully saturated rings. The van der Waals surface area contributed by atoms with Gasteiger partial charge in [-0.25, -0.2) is 0 Å². The zero-order chi connectivity index (χ0) is 13.9. The summed E-state index contributed by atoms with van der Waals surface area (Å²) in [6.07, 6.45) is 1.01. The van der Waals surface area contributed by atoms with Crippen molar-refractivity contribution < 1.29 is 9.47 Å². The molecule has 0 aliphatic carbocycles. The second-order valence-electron chi connectivity index (χ2n) is 5.05.